The average molecular weight is 660 g/mol. The second-order valence-corrected chi connectivity index (χ2v) is 14.0. The van der Waals surface area contributed by atoms with Crippen LogP contribution in [0.1, 0.15) is 41.7 Å². The van der Waals surface area contributed by atoms with Crippen molar-refractivity contribution in [3.05, 3.63) is 155 Å². The predicted molar refractivity (Wildman–Crippen MR) is 200 cm³/mol. The summed E-state index contributed by atoms with van der Waals surface area (Å²) in [5, 5.41) is 2.18. The monoisotopic (exact) mass is 659 g/mol. The van der Waals surface area contributed by atoms with E-state index in [2.05, 4.69) is 128 Å². The predicted octanol–water partition coefficient (Wildman–Crippen LogP) is 10.1. The number of anilines is 1. The zero-order chi connectivity index (χ0) is 34.0. The number of methoxy groups -OCH3 is 1. The Hall–Kier alpha value is -5.39. The molecule has 0 amide bonds. The normalized spacial score (nSPS) is 18.7. The molecular weight excluding hydrogens is 621 g/mol. The molecule has 6 aromatic rings. The van der Waals surface area contributed by atoms with Gasteiger partial charge in [0.2, 0.25) is 0 Å². The van der Waals surface area contributed by atoms with Gasteiger partial charge in [0.05, 0.1) is 20.3 Å². The van der Waals surface area contributed by atoms with Crippen molar-refractivity contribution in [2.24, 2.45) is 0 Å². The largest absolute Gasteiger partial charge is 0.494 e. The average Bonchev–Trinajstić information content (AvgIpc) is 3.41. The van der Waals surface area contributed by atoms with Gasteiger partial charge in [0, 0.05) is 46.3 Å². The maximum Gasteiger partial charge on any atom is 0.178 e. The number of fused-ring (bicyclic) bond motifs is 8. The van der Waals surface area contributed by atoms with Crippen molar-refractivity contribution in [2.45, 2.75) is 24.9 Å². The molecule has 5 heteroatoms. The first-order chi connectivity index (χ1) is 24.4. The molecule has 0 radical (unpaired) electrons. The molecule has 0 bridgehead atoms. The lowest BCUT2D eigenvalue weighted by Crippen LogP contribution is -2.37. The molecule has 4 nitrogen and oxygen atoms in total. The van der Waals surface area contributed by atoms with E-state index in [9.17, 15) is 0 Å². The van der Waals surface area contributed by atoms with Crippen molar-refractivity contribution in [3.8, 4) is 33.8 Å². The number of nitrogens with zero attached hydrogens (tertiary/aromatic N) is 1. The number of hydrogen-bond acceptors (Lipinski definition) is 4. The fourth-order valence-electron chi connectivity index (χ4n) is 8.36. The van der Waals surface area contributed by atoms with Crippen LogP contribution in [0.5, 0.6) is 11.5 Å². The van der Waals surface area contributed by atoms with Crippen molar-refractivity contribution in [1.29, 1.82) is 0 Å². The molecule has 1 aliphatic carbocycles. The third-order valence-electron chi connectivity index (χ3n) is 10.9. The molecule has 1 saturated heterocycles. The summed E-state index contributed by atoms with van der Waals surface area (Å²) in [6, 6.07) is 39.6. The maximum atomic E-state index is 15.5. The van der Waals surface area contributed by atoms with E-state index in [-0.39, 0.29) is 11.2 Å². The van der Waals surface area contributed by atoms with Gasteiger partial charge in [0.1, 0.15) is 5.75 Å². The molecule has 2 aliphatic heterocycles. The molecule has 2 heterocycles. The lowest BCUT2D eigenvalue weighted by molar-refractivity contribution is 0.122. The second-order valence-electron chi connectivity index (χ2n) is 14.0. The van der Waals surface area contributed by atoms with Crippen LogP contribution >= 0.6 is 0 Å². The van der Waals surface area contributed by atoms with E-state index in [1.807, 2.05) is 6.07 Å². The number of morpholine rings is 1. The quantitative estimate of drug-likeness (QED) is 0.184. The maximum absolute atomic E-state index is 15.5. The highest BCUT2D eigenvalue weighted by Crippen LogP contribution is 2.58. The molecule has 9 rings (SSSR count). The summed E-state index contributed by atoms with van der Waals surface area (Å²) in [4.78, 5) is 2.33. The smallest absolute Gasteiger partial charge is 0.178 e. The van der Waals surface area contributed by atoms with Crippen LogP contribution < -0.4 is 14.4 Å². The van der Waals surface area contributed by atoms with Crippen LogP contribution in [-0.2, 0) is 15.8 Å². The molecule has 1 fully saturated rings. The minimum atomic E-state index is -1.09. The Balaban J connectivity index is 1.24. The highest BCUT2D eigenvalue weighted by Gasteiger charge is 2.44. The molecule has 248 valence electrons. The fraction of sp³-hybridized carbons (Fsp3) is 0.200. The molecule has 50 heavy (non-hydrogen) atoms. The minimum absolute atomic E-state index is 0.199. The summed E-state index contributed by atoms with van der Waals surface area (Å²) in [5.41, 5.74) is 9.88. The Bertz CT molecular complexity index is 2300. The lowest BCUT2D eigenvalue weighted by Gasteiger charge is -2.39. The molecule has 0 spiro atoms. The molecule has 0 N–H and O–H groups in total. The second kappa shape index (κ2) is 11.6. The van der Waals surface area contributed by atoms with Crippen LogP contribution in [0.25, 0.3) is 39.1 Å². The Kier molecular flexibility index (Phi) is 7.11. The standard InChI is InChI=1S/C45H38FNO3/c1-44(2)38-27-30(29-9-5-4-6-10-29)13-19-36(38)41-34-11-7-8-12-35(34)43-37(42(41)44)21-22-45(50-43,32-16-20-40(48-3)39(46)28-32)31-14-17-33(18-15-31)47-23-25-49-26-24-47/h4-22,27-28H,23-26H2,1-3H3. The van der Waals surface area contributed by atoms with Gasteiger partial charge in [-0.2, -0.15) is 0 Å². The molecule has 3 aliphatic rings. The van der Waals surface area contributed by atoms with Gasteiger partial charge in [-0.1, -0.05) is 105 Å². The first kappa shape index (κ1) is 30.7. The molecule has 0 saturated carbocycles. The van der Waals surface area contributed by atoms with E-state index in [1.165, 1.54) is 40.5 Å². The number of benzene rings is 6. The summed E-state index contributed by atoms with van der Waals surface area (Å²) in [6.07, 6.45) is 4.33. The van der Waals surface area contributed by atoms with Crippen LogP contribution in [0, 0.1) is 5.82 Å². The first-order valence-electron chi connectivity index (χ1n) is 17.3. The summed E-state index contributed by atoms with van der Waals surface area (Å²) in [7, 11) is 1.49. The van der Waals surface area contributed by atoms with Crippen molar-refractivity contribution in [3.63, 3.8) is 0 Å². The van der Waals surface area contributed by atoms with E-state index in [0.717, 1.165) is 46.4 Å². The van der Waals surface area contributed by atoms with Crippen LogP contribution in [0.2, 0.25) is 0 Å². The van der Waals surface area contributed by atoms with Gasteiger partial charge >= 0.3 is 0 Å². The van der Waals surface area contributed by atoms with Gasteiger partial charge in [-0.3, -0.25) is 0 Å². The highest BCUT2D eigenvalue weighted by molar-refractivity contribution is 6.08. The van der Waals surface area contributed by atoms with Gasteiger partial charge in [-0.15, -0.1) is 0 Å². The first-order valence-corrected chi connectivity index (χ1v) is 17.3. The minimum Gasteiger partial charge on any atom is -0.494 e. The van der Waals surface area contributed by atoms with Gasteiger partial charge in [-0.05, 0) is 75.2 Å². The topological polar surface area (TPSA) is 30.9 Å². The SMILES string of the molecule is COc1ccc(C2(c3ccc(N4CCOCC4)cc3)C=Cc3c4c(c5ccccc5c3O2)-c2ccc(-c3ccccc3)cc2C4(C)C)cc1F. The highest BCUT2D eigenvalue weighted by atomic mass is 19.1. The lowest BCUT2D eigenvalue weighted by atomic mass is 9.76. The van der Waals surface area contributed by atoms with E-state index in [4.69, 9.17) is 14.2 Å². The van der Waals surface area contributed by atoms with Gasteiger partial charge < -0.3 is 19.1 Å². The summed E-state index contributed by atoms with van der Waals surface area (Å²) in [6.45, 7) is 7.76. The van der Waals surface area contributed by atoms with Crippen LogP contribution in [0.15, 0.2) is 121 Å². The van der Waals surface area contributed by atoms with Crippen molar-refractivity contribution in [1.82, 2.24) is 0 Å². The zero-order valence-electron chi connectivity index (χ0n) is 28.5. The number of rotatable bonds is 5. The van der Waals surface area contributed by atoms with Crippen LogP contribution in [-0.4, -0.2) is 33.4 Å². The Morgan fingerprint density at radius 3 is 2.20 bits per heavy atom. The third kappa shape index (κ3) is 4.60. The summed E-state index contributed by atoms with van der Waals surface area (Å²) >= 11 is 0. The fourth-order valence-corrected chi connectivity index (χ4v) is 8.36. The van der Waals surface area contributed by atoms with Crippen molar-refractivity contribution < 1.29 is 18.6 Å². The number of ether oxygens (including phenoxy) is 3. The third-order valence-corrected chi connectivity index (χ3v) is 10.9. The van der Waals surface area contributed by atoms with Crippen LogP contribution in [0.4, 0.5) is 10.1 Å². The summed E-state index contributed by atoms with van der Waals surface area (Å²) in [5.74, 6) is 0.575. The summed E-state index contributed by atoms with van der Waals surface area (Å²) < 4.78 is 33.8. The van der Waals surface area contributed by atoms with Gasteiger partial charge in [0.25, 0.3) is 0 Å². The van der Waals surface area contributed by atoms with Crippen molar-refractivity contribution >= 4 is 22.5 Å². The number of halogens is 1. The van der Waals surface area contributed by atoms with Crippen LogP contribution in [0.3, 0.4) is 0 Å². The molecule has 1 unspecified atom stereocenters. The molecule has 1 atom stereocenters. The Morgan fingerprint density at radius 2 is 1.46 bits per heavy atom. The Labute approximate surface area is 292 Å². The Morgan fingerprint density at radius 1 is 0.740 bits per heavy atom. The van der Waals surface area contributed by atoms with E-state index in [1.54, 1.807) is 12.1 Å². The van der Waals surface area contributed by atoms with E-state index in [0.29, 0.717) is 18.8 Å². The molecule has 0 aromatic heterocycles. The molecular formula is C45H38FNO3. The van der Waals surface area contributed by atoms with E-state index >= 15 is 4.39 Å². The molecule has 6 aromatic carbocycles. The number of hydrogen-bond donors (Lipinski definition) is 0. The van der Waals surface area contributed by atoms with Gasteiger partial charge in [-0.25, -0.2) is 4.39 Å². The van der Waals surface area contributed by atoms with E-state index < -0.39 is 11.4 Å². The van der Waals surface area contributed by atoms with Gasteiger partial charge in [0.15, 0.2) is 17.2 Å². The van der Waals surface area contributed by atoms with Crippen molar-refractivity contribution in [2.75, 3.05) is 38.3 Å². The zero-order valence-corrected chi connectivity index (χ0v) is 28.5.